The van der Waals surface area contributed by atoms with Gasteiger partial charge in [0.1, 0.15) is 11.8 Å². The van der Waals surface area contributed by atoms with E-state index in [1.54, 1.807) is 4.57 Å². The number of imidazole rings is 1. The fourth-order valence-electron chi connectivity index (χ4n) is 2.84. The second-order valence-corrected chi connectivity index (χ2v) is 5.23. The van der Waals surface area contributed by atoms with Crippen molar-refractivity contribution in [1.82, 2.24) is 24.8 Å². The van der Waals surface area contributed by atoms with Gasteiger partial charge in [0.2, 0.25) is 0 Å². The van der Waals surface area contributed by atoms with Crippen molar-refractivity contribution >= 4 is 17.0 Å². The Hall–Kier alpha value is -2.67. The zero-order chi connectivity index (χ0) is 14.9. The molecule has 2 aromatic heterocycles. The maximum Gasteiger partial charge on any atom is 0.332 e. The van der Waals surface area contributed by atoms with E-state index < -0.39 is 0 Å². The molecule has 4 rings (SSSR count). The van der Waals surface area contributed by atoms with E-state index in [2.05, 4.69) is 25.2 Å². The topological polar surface area (TPSA) is 78.8 Å². The maximum absolute atomic E-state index is 12.4. The summed E-state index contributed by atoms with van der Waals surface area (Å²) in [6.07, 6.45) is 1.52. The van der Waals surface area contributed by atoms with Crippen LogP contribution in [0.25, 0.3) is 16.9 Å². The minimum absolute atomic E-state index is 0.196. The molecule has 0 aliphatic carbocycles. The molecule has 0 radical (unpaired) electrons. The number of H-pyrrole nitrogens is 1. The molecule has 0 amide bonds. The molecule has 112 valence electrons. The van der Waals surface area contributed by atoms with E-state index in [0.29, 0.717) is 11.2 Å². The van der Waals surface area contributed by atoms with Crippen LogP contribution in [-0.4, -0.2) is 45.7 Å². The third-order valence-electron chi connectivity index (χ3n) is 3.89. The summed E-state index contributed by atoms with van der Waals surface area (Å²) in [5.74, 6) is 0.790. The van der Waals surface area contributed by atoms with Gasteiger partial charge in [0.05, 0.1) is 5.69 Å². The van der Waals surface area contributed by atoms with Gasteiger partial charge in [-0.3, -0.25) is 0 Å². The van der Waals surface area contributed by atoms with E-state index in [0.717, 1.165) is 37.7 Å². The Morgan fingerprint density at radius 3 is 2.59 bits per heavy atom. The Balaban J connectivity index is 1.91. The number of benzene rings is 1. The first-order chi connectivity index (χ1) is 10.8. The van der Waals surface area contributed by atoms with Gasteiger partial charge in [0, 0.05) is 26.2 Å². The van der Waals surface area contributed by atoms with Gasteiger partial charge in [0.25, 0.3) is 0 Å². The number of para-hydroxylation sites is 1. The van der Waals surface area contributed by atoms with Crippen molar-refractivity contribution in [2.24, 2.45) is 0 Å². The Kier molecular flexibility index (Phi) is 3.12. The number of nitrogens with one attached hydrogen (secondary N) is 2. The van der Waals surface area contributed by atoms with Crippen LogP contribution in [0.3, 0.4) is 0 Å². The third-order valence-corrected chi connectivity index (χ3v) is 3.89. The molecule has 1 saturated heterocycles. The molecule has 0 atom stereocenters. The Bertz CT molecular complexity index is 847. The lowest BCUT2D eigenvalue weighted by atomic mass is 10.3. The SMILES string of the molecule is O=c1[nH]c2c(N3CCNCC3)ncnc2n1-c1ccccc1. The third kappa shape index (κ3) is 2.06. The second-order valence-electron chi connectivity index (χ2n) is 5.23. The normalized spacial score (nSPS) is 15.4. The average molecular weight is 296 g/mol. The number of anilines is 1. The first kappa shape index (κ1) is 13.0. The number of fused-ring (bicyclic) bond motifs is 1. The summed E-state index contributed by atoms with van der Waals surface area (Å²) in [5, 5.41) is 3.31. The average Bonchev–Trinajstić information content (AvgIpc) is 2.92. The number of hydrogen-bond donors (Lipinski definition) is 2. The summed E-state index contributed by atoms with van der Waals surface area (Å²) < 4.78 is 1.59. The van der Waals surface area contributed by atoms with Crippen LogP contribution >= 0.6 is 0 Å². The van der Waals surface area contributed by atoms with Crippen molar-refractivity contribution < 1.29 is 0 Å². The first-order valence-electron chi connectivity index (χ1n) is 7.31. The molecule has 7 nitrogen and oxygen atoms in total. The predicted molar refractivity (Wildman–Crippen MR) is 84.6 cm³/mol. The molecule has 7 heteroatoms. The lowest BCUT2D eigenvalue weighted by Gasteiger charge is -2.28. The molecule has 3 heterocycles. The molecule has 22 heavy (non-hydrogen) atoms. The van der Waals surface area contributed by atoms with Crippen molar-refractivity contribution in [1.29, 1.82) is 0 Å². The maximum atomic E-state index is 12.4. The van der Waals surface area contributed by atoms with Crippen LogP contribution in [0.15, 0.2) is 41.5 Å². The highest BCUT2D eigenvalue weighted by Gasteiger charge is 2.19. The highest BCUT2D eigenvalue weighted by Crippen LogP contribution is 2.22. The zero-order valence-corrected chi connectivity index (χ0v) is 12.0. The van der Waals surface area contributed by atoms with Crippen molar-refractivity contribution in [3.05, 3.63) is 47.1 Å². The van der Waals surface area contributed by atoms with E-state index in [1.165, 1.54) is 6.33 Å². The standard InChI is InChI=1S/C15H16N6O/c22-15-19-12-13(20-8-6-16-7-9-20)17-10-18-14(12)21(15)11-4-2-1-3-5-11/h1-5,10,16H,6-9H2,(H,19,22). The van der Waals surface area contributed by atoms with Crippen molar-refractivity contribution in [2.75, 3.05) is 31.1 Å². The Morgan fingerprint density at radius 2 is 1.82 bits per heavy atom. The van der Waals surface area contributed by atoms with Crippen LogP contribution < -0.4 is 15.9 Å². The van der Waals surface area contributed by atoms with Gasteiger partial charge in [-0.25, -0.2) is 19.3 Å². The monoisotopic (exact) mass is 296 g/mol. The van der Waals surface area contributed by atoms with Gasteiger partial charge < -0.3 is 15.2 Å². The fraction of sp³-hybridized carbons (Fsp3) is 0.267. The van der Waals surface area contributed by atoms with Gasteiger partial charge in [-0.15, -0.1) is 0 Å². The molecular formula is C15H16N6O. The molecule has 1 fully saturated rings. The minimum Gasteiger partial charge on any atom is -0.352 e. The smallest absolute Gasteiger partial charge is 0.332 e. The zero-order valence-electron chi connectivity index (χ0n) is 12.0. The fourth-order valence-corrected chi connectivity index (χ4v) is 2.84. The van der Waals surface area contributed by atoms with Crippen LogP contribution in [0.2, 0.25) is 0 Å². The Labute approximate surface area is 126 Å². The summed E-state index contributed by atoms with van der Waals surface area (Å²) in [7, 11) is 0. The number of aromatic amines is 1. The lowest BCUT2D eigenvalue weighted by molar-refractivity contribution is 0.586. The highest BCUT2D eigenvalue weighted by atomic mass is 16.1. The van der Waals surface area contributed by atoms with Crippen LogP contribution in [0.5, 0.6) is 0 Å². The van der Waals surface area contributed by atoms with Crippen molar-refractivity contribution in [3.8, 4) is 5.69 Å². The molecule has 3 aromatic rings. The predicted octanol–water partition coefficient (Wildman–Crippen LogP) is 0.518. The summed E-state index contributed by atoms with van der Waals surface area (Å²) in [5.41, 5.74) is 1.90. The number of aromatic nitrogens is 4. The van der Waals surface area contributed by atoms with E-state index in [1.807, 2.05) is 30.3 Å². The van der Waals surface area contributed by atoms with Gasteiger partial charge >= 0.3 is 5.69 Å². The highest BCUT2D eigenvalue weighted by molar-refractivity contribution is 5.84. The molecule has 1 aliphatic rings. The first-order valence-corrected chi connectivity index (χ1v) is 7.31. The number of hydrogen-bond acceptors (Lipinski definition) is 5. The lowest BCUT2D eigenvalue weighted by Crippen LogP contribution is -2.44. The summed E-state index contributed by atoms with van der Waals surface area (Å²) in [4.78, 5) is 26.2. The summed E-state index contributed by atoms with van der Waals surface area (Å²) in [6.45, 7) is 3.56. The van der Waals surface area contributed by atoms with E-state index >= 15 is 0 Å². The molecule has 0 unspecified atom stereocenters. The molecule has 0 spiro atoms. The van der Waals surface area contributed by atoms with Crippen molar-refractivity contribution in [3.63, 3.8) is 0 Å². The van der Waals surface area contributed by atoms with Gasteiger partial charge in [-0.1, -0.05) is 18.2 Å². The summed E-state index contributed by atoms with van der Waals surface area (Å²) in [6, 6.07) is 9.51. The van der Waals surface area contributed by atoms with E-state index in [9.17, 15) is 4.79 Å². The van der Waals surface area contributed by atoms with Crippen LogP contribution in [-0.2, 0) is 0 Å². The Morgan fingerprint density at radius 1 is 1.05 bits per heavy atom. The number of piperazine rings is 1. The number of rotatable bonds is 2. The van der Waals surface area contributed by atoms with Gasteiger partial charge in [-0.05, 0) is 12.1 Å². The molecule has 2 N–H and O–H groups in total. The van der Waals surface area contributed by atoms with Crippen molar-refractivity contribution in [2.45, 2.75) is 0 Å². The van der Waals surface area contributed by atoms with Gasteiger partial charge in [0.15, 0.2) is 11.5 Å². The van der Waals surface area contributed by atoms with Crippen LogP contribution in [0.4, 0.5) is 5.82 Å². The minimum atomic E-state index is -0.196. The van der Waals surface area contributed by atoms with E-state index in [-0.39, 0.29) is 5.69 Å². The molecule has 1 aromatic carbocycles. The largest absolute Gasteiger partial charge is 0.352 e. The molecule has 0 bridgehead atoms. The van der Waals surface area contributed by atoms with Crippen LogP contribution in [0, 0.1) is 0 Å². The van der Waals surface area contributed by atoms with E-state index in [4.69, 9.17) is 0 Å². The van der Waals surface area contributed by atoms with Gasteiger partial charge in [-0.2, -0.15) is 0 Å². The molecular weight excluding hydrogens is 280 g/mol. The molecule has 1 aliphatic heterocycles. The molecule has 0 saturated carbocycles. The quantitative estimate of drug-likeness (QED) is 0.721. The summed E-state index contributed by atoms with van der Waals surface area (Å²) >= 11 is 0. The second kappa shape index (κ2) is 5.27. The number of nitrogens with zero attached hydrogens (tertiary/aromatic N) is 4. The van der Waals surface area contributed by atoms with Crippen LogP contribution in [0.1, 0.15) is 0 Å².